The Morgan fingerprint density at radius 1 is 1.16 bits per heavy atom. The standard InChI is InChI=1S/C21H27ClN2O/c22-16-8-9-20-18(12-16)19(14-23-20)17(15-6-2-1-3-7-15)13-21(25)24-10-4-5-11-24/h8-9,12,14-15,17,23H,1-7,10-11,13H2/t17-/m0/s1. The highest BCUT2D eigenvalue weighted by Crippen LogP contribution is 2.41. The lowest BCUT2D eigenvalue weighted by Gasteiger charge is -2.31. The fourth-order valence-electron chi connectivity index (χ4n) is 4.77. The Morgan fingerprint density at radius 2 is 1.92 bits per heavy atom. The number of hydrogen-bond donors (Lipinski definition) is 1. The first kappa shape index (κ1) is 17.0. The number of carbonyl (C=O) groups excluding carboxylic acids is 1. The third-order valence-corrected chi connectivity index (χ3v) is 6.38. The second kappa shape index (κ2) is 7.41. The van der Waals surface area contributed by atoms with E-state index in [1.165, 1.54) is 43.1 Å². The maximum Gasteiger partial charge on any atom is 0.223 e. The molecule has 3 nitrogen and oxygen atoms in total. The third kappa shape index (κ3) is 3.57. The van der Waals surface area contributed by atoms with Gasteiger partial charge in [-0.25, -0.2) is 0 Å². The number of halogens is 1. The fraction of sp³-hybridized carbons (Fsp3) is 0.571. The molecule has 1 aliphatic heterocycles. The van der Waals surface area contributed by atoms with Crippen LogP contribution in [-0.2, 0) is 4.79 Å². The molecule has 1 amide bonds. The Morgan fingerprint density at radius 3 is 2.68 bits per heavy atom. The van der Waals surface area contributed by atoms with E-state index in [1.807, 2.05) is 12.1 Å². The number of amides is 1. The number of aromatic amines is 1. The van der Waals surface area contributed by atoms with Crippen LogP contribution in [0.2, 0.25) is 5.02 Å². The van der Waals surface area contributed by atoms with E-state index >= 15 is 0 Å². The monoisotopic (exact) mass is 358 g/mol. The van der Waals surface area contributed by atoms with Crippen LogP contribution in [0.1, 0.15) is 62.8 Å². The van der Waals surface area contributed by atoms with Crippen molar-refractivity contribution < 1.29 is 4.79 Å². The number of aromatic nitrogens is 1. The predicted molar refractivity (Wildman–Crippen MR) is 103 cm³/mol. The minimum atomic E-state index is 0.306. The van der Waals surface area contributed by atoms with Crippen LogP contribution in [0.5, 0.6) is 0 Å². The summed E-state index contributed by atoms with van der Waals surface area (Å²) >= 11 is 6.26. The summed E-state index contributed by atoms with van der Waals surface area (Å²) in [5.41, 5.74) is 2.41. The van der Waals surface area contributed by atoms with Gasteiger partial charge in [-0.15, -0.1) is 0 Å². The maximum atomic E-state index is 12.9. The maximum absolute atomic E-state index is 12.9. The van der Waals surface area contributed by atoms with Crippen LogP contribution in [0, 0.1) is 5.92 Å². The molecule has 25 heavy (non-hydrogen) atoms. The summed E-state index contributed by atoms with van der Waals surface area (Å²) < 4.78 is 0. The first-order valence-corrected chi connectivity index (χ1v) is 10.1. The number of nitrogens with zero attached hydrogens (tertiary/aromatic N) is 1. The van der Waals surface area contributed by atoms with E-state index in [1.54, 1.807) is 0 Å². The van der Waals surface area contributed by atoms with Crippen LogP contribution < -0.4 is 0 Å². The quantitative estimate of drug-likeness (QED) is 0.769. The molecule has 2 heterocycles. The molecule has 0 bridgehead atoms. The van der Waals surface area contributed by atoms with Gasteiger partial charge >= 0.3 is 0 Å². The van der Waals surface area contributed by atoms with Gasteiger partial charge in [0, 0.05) is 41.6 Å². The van der Waals surface area contributed by atoms with Crippen molar-refractivity contribution in [2.24, 2.45) is 5.92 Å². The highest BCUT2D eigenvalue weighted by molar-refractivity contribution is 6.31. The number of rotatable bonds is 4. The molecule has 2 aliphatic rings. The van der Waals surface area contributed by atoms with Gasteiger partial charge in [-0.2, -0.15) is 0 Å². The summed E-state index contributed by atoms with van der Waals surface area (Å²) in [6.07, 6.45) is 11.5. The zero-order valence-corrected chi connectivity index (χ0v) is 15.5. The van der Waals surface area contributed by atoms with Crippen LogP contribution in [0.3, 0.4) is 0 Å². The lowest BCUT2D eigenvalue weighted by Crippen LogP contribution is -2.31. The lowest BCUT2D eigenvalue weighted by atomic mass is 9.75. The molecule has 1 aliphatic carbocycles. The van der Waals surface area contributed by atoms with Crippen molar-refractivity contribution in [3.05, 3.63) is 35.0 Å². The van der Waals surface area contributed by atoms with Crippen molar-refractivity contribution in [1.29, 1.82) is 0 Å². The molecular weight excluding hydrogens is 332 g/mol. The Bertz CT molecular complexity index is 741. The topological polar surface area (TPSA) is 36.1 Å². The average Bonchev–Trinajstić information content (AvgIpc) is 3.30. The smallest absolute Gasteiger partial charge is 0.223 e. The zero-order valence-electron chi connectivity index (χ0n) is 14.8. The van der Waals surface area contributed by atoms with Gasteiger partial charge in [-0.05, 0) is 61.3 Å². The zero-order chi connectivity index (χ0) is 17.2. The van der Waals surface area contributed by atoms with Crippen molar-refractivity contribution in [2.45, 2.75) is 57.3 Å². The largest absolute Gasteiger partial charge is 0.361 e. The van der Waals surface area contributed by atoms with Crippen LogP contribution in [0.4, 0.5) is 0 Å². The van der Waals surface area contributed by atoms with E-state index in [0.29, 0.717) is 24.2 Å². The molecule has 1 saturated carbocycles. The van der Waals surface area contributed by atoms with Crippen molar-refractivity contribution in [1.82, 2.24) is 9.88 Å². The number of hydrogen-bond acceptors (Lipinski definition) is 1. The Kier molecular flexibility index (Phi) is 5.03. The third-order valence-electron chi connectivity index (χ3n) is 6.15. The molecule has 1 atom stereocenters. The second-order valence-corrected chi connectivity index (χ2v) is 8.17. The number of fused-ring (bicyclic) bond motifs is 1. The number of benzene rings is 1. The molecule has 1 saturated heterocycles. The molecular formula is C21H27ClN2O. The molecule has 134 valence electrons. The Balaban J connectivity index is 1.65. The minimum Gasteiger partial charge on any atom is -0.361 e. The van der Waals surface area contributed by atoms with Gasteiger partial charge in [0.25, 0.3) is 0 Å². The first-order chi connectivity index (χ1) is 12.2. The van der Waals surface area contributed by atoms with E-state index < -0.39 is 0 Å². The normalized spacial score (nSPS) is 20.3. The molecule has 1 N–H and O–H groups in total. The molecule has 1 aromatic heterocycles. The summed E-state index contributed by atoms with van der Waals surface area (Å²) in [6.45, 7) is 1.88. The van der Waals surface area contributed by atoms with E-state index in [9.17, 15) is 4.79 Å². The average molecular weight is 359 g/mol. The van der Waals surface area contributed by atoms with Crippen molar-refractivity contribution in [3.63, 3.8) is 0 Å². The molecule has 1 aromatic carbocycles. The van der Waals surface area contributed by atoms with Crippen molar-refractivity contribution in [3.8, 4) is 0 Å². The molecule has 0 spiro atoms. The summed E-state index contributed by atoms with van der Waals surface area (Å²) in [5.74, 6) is 1.25. The summed E-state index contributed by atoms with van der Waals surface area (Å²) in [4.78, 5) is 18.3. The molecule has 0 unspecified atom stereocenters. The first-order valence-electron chi connectivity index (χ1n) is 9.76. The van der Waals surface area contributed by atoms with E-state index in [2.05, 4.69) is 22.1 Å². The molecule has 2 fully saturated rings. The second-order valence-electron chi connectivity index (χ2n) is 7.73. The molecule has 4 rings (SSSR count). The summed E-state index contributed by atoms with van der Waals surface area (Å²) in [7, 11) is 0. The van der Waals surface area contributed by atoms with E-state index in [-0.39, 0.29) is 0 Å². The van der Waals surface area contributed by atoms with Crippen LogP contribution in [-0.4, -0.2) is 28.9 Å². The van der Waals surface area contributed by atoms with Gasteiger partial charge in [-0.3, -0.25) is 4.79 Å². The van der Waals surface area contributed by atoms with Crippen LogP contribution >= 0.6 is 11.6 Å². The number of H-pyrrole nitrogens is 1. The van der Waals surface area contributed by atoms with E-state index in [4.69, 9.17) is 11.6 Å². The van der Waals surface area contributed by atoms with Crippen molar-refractivity contribution in [2.75, 3.05) is 13.1 Å². The highest BCUT2D eigenvalue weighted by Gasteiger charge is 2.31. The molecule has 0 radical (unpaired) electrons. The predicted octanol–water partition coefficient (Wildman–Crippen LogP) is 5.50. The molecule has 4 heteroatoms. The number of carbonyl (C=O) groups is 1. The summed E-state index contributed by atoms with van der Waals surface area (Å²) in [6, 6.07) is 6.02. The minimum absolute atomic E-state index is 0.306. The highest BCUT2D eigenvalue weighted by atomic mass is 35.5. The number of likely N-dealkylation sites (tertiary alicyclic amines) is 1. The van der Waals surface area contributed by atoms with Crippen molar-refractivity contribution >= 4 is 28.4 Å². The van der Waals surface area contributed by atoms with Gasteiger partial charge in [-0.1, -0.05) is 30.9 Å². The lowest BCUT2D eigenvalue weighted by molar-refractivity contribution is -0.130. The van der Waals surface area contributed by atoms with Gasteiger partial charge < -0.3 is 9.88 Å². The Hall–Kier alpha value is -1.48. The van der Waals surface area contributed by atoms with Gasteiger partial charge in [0.05, 0.1) is 0 Å². The fourth-order valence-corrected chi connectivity index (χ4v) is 4.94. The van der Waals surface area contributed by atoms with Gasteiger partial charge in [0.2, 0.25) is 5.91 Å². The van der Waals surface area contributed by atoms with Gasteiger partial charge in [0.15, 0.2) is 0 Å². The van der Waals surface area contributed by atoms with E-state index in [0.717, 1.165) is 36.5 Å². The van der Waals surface area contributed by atoms with Crippen LogP contribution in [0.15, 0.2) is 24.4 Å². The Labute approximate surface area is 154 Å². The van der Waals surface area contributed by atoms with Crippen LogP contribution in [0.25, 0.3) is 10.9 Å². The number of nitrogens with one attached hydrogen (secondary N) is 1. The summed E-state index contributed by atoms with van der Waals surface area (Å²) in [5, 5.41) is 1.96. The van der Waals surface area contributed by atoms with Gasteiger partial charge in [0.1, 0.15) is 0 Å². The SMILES string of the molecule is O=C(C[C@H](c1c[nH]c2ccc(Cl)cc12)C1CCCCC1)N1CCCC1. The molecule has 2 aromatic rings.